The third kappa shape index (κ3) is 4.26. The zero-order valence-corrected chi connectivity index (χ0v) is 16.1. The van der Waals surface area contributed by atoms with Crippen molar-refractivity contribution in [3.8, 4) is 5.75 Å². The first kappa shape index (κ1) is 19.1. The molecule has 0 unspecified atom stereocenters. The van der Waals surface area contributed by atoms with E-state index >= 15 is 0 Å². The molecule has 1 aromatic rings. The van der Waals surface area contributed by atoms with Gasteiger partial charge in [-0.25, -0.2) is 14.6 Å². The van der Waals surface area contributed by atoms with Crippen LogP contribution < -0.4 is 15.5 Å². The molecule has 28 heavy (non-hydrogen) atoms. The Bertz CT molecular complexity index is 846. The van der Waals surface area contributed by atoms with Gasteiger partial charge in [-0.05, 0) is 62.2 Å². The van der Waals surface area contributed by atoms with Crippen molar-refractivity contribution in [2.24, 2.45) is 4.99 Å². The number of aliphatic imine (C=N–C) groups is 1. The quantitative estimate of drug-likeness (QED) is 0.453. The smallest absolute Gasteiger partial charge is 0.328 e. The van der Waals surface area contributed by atoms with Crippen molar-refractivity contribution in [3.63, 3.8) is 0 Å². The zero-order valence-electron chi connectivity index (χ0n) is 15.2. The molecule has 0 saturated carbocycles. The van der Waals surface area contributed by atoms with Crippen LogP contribution in [-0.2, 0) is 9.59 Å². The highest BCUT2D eigenvalue weighted by Crippen LogP contribution is 2.33. The number of hydrogen-bond acceptors (Lipinski definition) is 7. The largest absolute Gasteiger partial charge is 0.425 e. The molecule has 0 aromatic heterocycles. The van der Waals surface area contributed by atoms with Gasteiger partial charge < -0.3 is 10.1 Å². The van der Waals surface area contributed by atoms with E-state index in [2.05, 4.69) is 15.7 Å². The molecule has 0 spiro atoms. The van der Waals surface area contributed by atoms with Crippen molar-refractivity contribution in [1.29, 1.82) is 0 Å². The van der Waals surface area contributed by atoms with Crippen LogP contribution in [-0.4, -0.2) is 47.7 Å². The standard InChI is InChI=1S/C19H21FN4O3S/c20-13-6-5-12(15(11-13)27-18(26)14-4-3-7-21-14)10-16-17(25)23-19(28-16)24-9-2-1-8-22-24/h5-6,10-11,14,21-22H,1-4,7-9H2/b16-10+/t14-/m0/s1. The number of halogens is 1. The highest BCUT2D eigenvalue weighted by atomic mass is 32.2. The maximum Gasteiger partial charge on any atom is 0.328 e. The summed E-state index contributed by atoms with van der Waals surface area (Å²) in [7, 11) is 0. The number of nitrogens with one attached hydrogen (secondary N) is 2. The van der Waals surface area contributed by atoms with E-state index in [1.807, 2.05) is 5.01 Å². The second-order valence-corrected chi connectivity index (χ2v) is 7.84. The Hall–Kier alpha value is -2.23. The van der Waals surface area contributed by atoms with Crippen LogP contribution in [0.4, 0.5) is 4.39 Å². The molecule has 3 aliphatic heterocycles. The maximum atomic E-state index is 13.7. The Morgan fingerprint density at radius 2 is 2.21 bits per heavy atom. The second kappa shape index (κ2) is 8.42. The molecule has 9 heteroatoms. The third-order valence-corrected chi connectivity index (χ3v) is 5.78. The van der Waals surface area contributed by atoms with E-state index in [-0.39, 0.29) is 17.7 Å². The molecule has 1 atom stereocenters. The van der Waals surface area contributed by atoms with Crippen LogP contribution in [0.1, 0.15) is 31.2 Å². The molecule has 2 fully saturated rings. The van der Waals surface area contributed by atoms with Crippen LogP contribution in [0.15, 0.2) is 28.1 Å². The van der Waals surface area contributed by atoms with Crippen LogP contribution in [0.25, 0.3) is 6.08 Å². The Kier molecular flexibility index (Phi) is 5.74. The molecule has 148 valence electrons. The second-order valence-electron chi connectivity index (χ2n) is 6.83. The van der Waals surface area contributed by atoms with Crippen molar-refractivity contribution >= 4 is 34.9 Å². The van der Waals surface area contributed by atoms with Crippen molar-refractivity contribution < 1.29 is 18.7 Å². The Morgan fingerprint density at radius 1 is 1.32 bits per heavy atom. The average molecular weight is 404 g/mol. The molecule has 0 aliphatic carbocycles. The van der Waals surface area contributed by atoms with Gasteiger partial charge >= 0.3 is 5.97 Å². The average Bonchev–Trinajstić information content (AvgIpc) is 3.35. The lowest BCUT2D eigenvalue weighted by Crippen LogP contribution is -2.45. The summed E-state index contributed by atoms with van der Waals surface area (Å²) in [6.07, 6.45) is 5.31. The highest BCUT2D eigenvalue weighted by Gasteiger charge is 2.28. The molecule has 4 rings (SSSR count). The van der Waals surface area contributed by atoms with Crippen molar-refractivity contribution in [2.45, 2.75) is 31.7 Å². The molecule has 2 saturated heterocycles. The molecule has 0 bridgehead atoms. The van der Waals surface area contributed by atoms with Crippen molar-refractivity contribution in [2.75, 3.05) is 19.6 Å². The topological polar surface area (TPSA) is 83.0 Å². The molecule has 3 heterocycles. The summed E-state index contributed by atoms with van der Waals surface area (Å²) in [6, 6.07) is 3.55. The van der Waals surface area contributed by atoms with E-state index in [1.54, 1.807) is 6.08 Å². The van der Waals surface area contributed by atoms with E-state index in [1.165, 1.54) is 23.9 Å². The minimum atomic E-state index is -0.510. The van der Waals surface area contributed by atoms with E-state index in [0.717, 1.165) is 45.0 Å². The molecule has 2 N–H and O–H groups in total. The first-order valence-electron chi connectivity index (χ1n) is 9.38. The Balaban J connectivity index is 1.52. The van der Waals surface area contributed by atoms with Gasteiger partial charge in [-0.3, -0.25) is 9.80 Å². The van der Waals surface area contributed by atoms with E-state index in [0.29, 0.717) is 22.1 Å². The number of esters is 1. The van der Waals surface area contributed by atoms with Gasteiger partial charge in [-0.15, -0.1) is 0 Å². The van der Waals surface area contributed by atoms with Gasteiger partial charge in [0.1, 0.15) is 17.6 Å². The number of carbonyl (C=O) groups excluding carboxylic acids is 2. The predicted molar refractivity (Wildman–Crippen MR) is 105 cm³/mol. The molecule has 0 radical (unpaired) electrons. The number of thioether (sulfide) groups is 1. The zero-order chi connectivity index (χ0) is 19.5. The van der Waals surface area contributed by atoms with Gasteiger partial charge in [0.25, 0.3) is 5.91 Å². The Labute approximate surface area is 166 Å². The lowest BCUT2D eigenvalue weighted by Gasteiger charge is -2.28. The maximum absolute atomic E-state index is 13.7. The number of carbonyl (C=O) groups is 2. The summed E-state index contributed by atoms with van der Waals surface area (Å²) >= 11 is 1.26. The number of hydrazine groups is 1. The number of nitrogens with zero attached hydrogens (tertiary/aromatic N) is 2. The van der Waals surface area contributed by atoms with E-state index < -0.39 is 11.8 Å². The number of rotatable bonds is 3. The number of amides is 1. The fourth-order valence-corrected chi connectivity index (χ4v) is 4.20. The minimum Gasteiger partial charge on any atom is -0.425 e. The summed E-state index contributed by atoms with van der Waals surface area (Å²) < 4.78 is 19.2. The number of ether oxygens (including phenoxy) is 1. The lowest BCUT2D eigenvalue weighted by atomic mass is 10.1. The molecular weight excluding hydrogens is 383 g/mol. The third-order valence-electron chi connectivity index (χ3n) is 4.77. The van der Waals surface area contributed by atoms with Crippen molar-refractivity contribution in [1.82, 2.24) is 15.8 Å². The lowest BCUT2D eigenvalue weighted by molar-refractivity contribution is -0.136. The van der Waals surface area contributed by atoms with Crippen LogP contribution in [0, 0.1) is 5.82 Å². The molecule has 3 aliphatic rings. The van der Waals surface area contributed by atoms with Gasteiger partial charge in [0.05, 0.1) is 4.91 Å². The summed E-state index contributed by atoms with van der Waals surface area (Å²) in [6.45, 7) is 2.40. The number of amidine groups is 1. The minimum absolute atomic E-state index is 0.101. The summed E-state index contributed by atoms with van der Waals surface area (Å²) in [4.78, 5) is 29.1. The van der Waals surface area contributed by atoms with Gasteiger partial charge in [0.15, 0.2) is 5.17 Å². The Morgan fingerprint density at radius 3 is 2.96 bits per heavy atom. The van der Waals surface area contributed by atoms with Gasteiger partial charge in [0, 0.05) is 24.7 Å². The van der Waals surface area contributed by atoms with Crippen LogP contribution in [0.2, 0.25) is 0 Å². The normalized spacial score (nSPS) is 24.0. The first-order valence-corrected chi connectivity index (χ1v) is 10.2. The predicted octanol–water partition coefficient (Wildman–Crippen LogP) is 2.05. The van der Waals surface area contributed by atoms with Crippen molar-refractivity contribution in [3.05, 3.63) is 34.5 Å². The molecule has 7 nitrogen and oxygen atoms in total. The van der Waals surface area contributed by atoms with E-state index in [9.17, 15) is 14.0 Å². The highest BCUT2D eigenvalue weighted by molar-refractivity contribution is 8.18. The molecule has 1 amide bonds. The van der Waals surface area contributed by atoms with Crippen LogP contribution >= 0.6 is 11.8 Å². The summed E-state index contributed by atoms with van der Waals surface area (Å²) in [5, 5.41) is 5.54. The summed E-state index contributed by atoms with van der Waals surface area (Å²) in [5.41, 5.74) is 3.68. The fraction of sp³-hybridized carbons (Fsp3) is 0.421. The van der Waals surface area contributed by atoms with Gasteiger partial charge in [0.2, 0.25) is 0 Å². The molecular formula is C19H21FN4O3S. The SMILES string of the molecule is O=C1N=C(N2CCCCN2)S/C1=C/c1ccc(F)cc1OC(=O)[C@@H]1CCCN1. The monoisotopic (exact) mass is 404 g/mol. The first-order chi connectivity index (χ1) is 13.6. The van der Waals surface area contributed by atoms with Crippen LogP contribution in [0.3, 0.4) is 0 Å². The number of hydrogen-bond donors (Lipinski definition) is 2. The number of benzene rings is 1. The molecule has 1 aromatic carbocycles. The fourth-order valence-electron chi connectivity index (χ4n) is 3.29. The van der Waals surface area contributed by atoms with Crippen LogP contribution in [0.5, 0.6) is 5.75 Å². The van der Waals surface area contributed by atoms with Gasteiger partial charge in [-0.1, -0.05) is 0 Å². The summed E-state index contributed by atoms with van der Waals surface area (Å²) in [5.74, 6) is -1.21. The van der Waals surface area contributed by atoms with Gasteiger partial charge in [-0.2, -0.15) is 4.99 Å². The van der Waals surface area contributed by atoms with E-state index in [4.69, 9.17) is 4.74 Å².